The molecule has 0 amide bonds. The molecule has 4 rings (SSSR count). The van der Waals surface area contributed by atoms with E-state index in [9.17, 15) is 4.79 Å². The summed E-state index contributed by atoms with van der Waals surface area (Å²) in [6.45, 7) is 24.1. The third-order valence-electron chi connectivity index (χ3n) is 13.4. The highest BCUT2D eigenvalue weighted by molar-refractivity contribution is 5.85. The fraction of sp³-hybridized carbons (Fsp3) is 0.909. The van der Waals surface area contributed by atoms with Crippen LogP contribution < -0.4 is 0 Å². The van der Waals surface area contributed by atoms with E-state index in [1.54, 1.807) is 5.57 Å². The summed E-state index contributed by atoms with van der Waals surface area (Å²) in [5.74, 6) is 3.20. The first kappa shape index (κ1) is 27.4. The SMILES string of the molecule is CO[C@@](C)(CC[C@@H](C)[C@H]1CC[C@@]2(C)[C@@H]3CC[C@@H]4C(C)(C)C(=O)CC[C@]4(C)C3=CC[C@]12C)C(C)(C)C. The molecule has 4 aliphatic carbocycles. The number of hydrogen-bond donors (Lipinski definition) is 0. The second-order valence-corrected chi connectivity index (χ2v) is 15.8. The highest BCUT2D eigenvalue weighted by Crippen LogP contribution is 2.73. The molecule has 4 aliphatic rings. The van der Waals surface area contributed by atoms with Crippen LogP contribution in [0, 0.1) is 50.7 Å². The van der Waals surface area contributed by atoms with Crippen molar-refractivity contribution < 1.29 is 9.53 Å². The molecule has 0 radical (unpaired) electrons. The van der Waals surface area contributed by atoms with E-state index in [1.165, 1.54) is 38.5 Å². The Morgan fingerprint density at radius 2 is 1.66 bits per heavy atom. The van der Waals surface area contributed by atoms with Crippen molar-refractivity contribution in [3.63, 3.8) is 0 Å². The maximum atomic E-state index is 12.9. The van der Waals surface area contributed by atoms with Crippen LogP contribution in [0.1, 0.15) is 127 Å². The summed E-state index contributed by atoms with van der Waals surface area (Å²) < 4.78 is 6.09. The Morgan fingerprint density at radius 3 is 2.26 bits per heavy atom. The van der Waals surface area contributed by atoms with Gasteiger partial charge in [0.1, 0.15) is 5.78 Å². The van der Waals surface area contributed by atoms with Crippen LogP contribution >= 0.6 is 0 Å². The lowest BCUT2D eigenvalue weighted by Crippen LogP contribution is -2.56. The number of methoxy groups -OCH3 is 1. The Labute approximate surface area is 217 Å². The average Bonchev–Trinajstić information content (AvgIpc) is 3.05. The second kappa shape index (κ2) is 8.44. The molecule has 0 heterocycles. The molecule has 8 atom stereocenters. The summed E-state index contributed by atoms with van der Waals surface area (Å²) in [7, 11) is 1.90. The van der Waals surface area contributed by atoms with Gasteiger partial charge in [-0.2, -0.15) is 0 Å². The van der Waals surface area contributed by atoms with Gasteiger partial charge in [0.15, 0.2) is 0 Å². The third kappa shape index (κ3) is 3.77. The number of fused-ring (bicyclic) bond motifs is 5. The number of carbonyl (C=O) groups excluding carboxylic acids is 1. The molecule has 0 aliphatic heterocycles. The number of allylic oxidation sites excluding steroid dienone is 2. The average molecular weight is 485 g/mol. The Hall–Kier alpha value is -0.630. The summed E-state index contributed by atoms with van der Waals surface area (Å²) in [5, 5.41) is 0. The van der Waals surface area contributed by atoms with Crippen molar-refractivity contribution in [1.82, 2.24) is 0 Å². The van der Waals surface area contributed by atoms with E-state index in [2.05, 4.69) is 75.3 Å². The molecular formula is C33H56O2. The second-order valence-electron chi connectivity index (χ2n) is 15.8. The number of ketones is 1. The standard InChI is InChI=1S/C33H56O2/c1-22(14-21-33(10,35-11)28(2,3)4)23-15-19-32(9)25-12-13-26-29(5,6)27(34)17-18-30(26,7)24(25)16-20-31(23,32)8/h16,22-23,25-26H,12-15,17-21H2,1-11H3/t22-,23-,25-,26-,30-,31-,32+,33+/m1/s1. The lowest BCUT2D eigenvalue weighted by molar-refractivity contribution is -0.142. The van der Waals surface area contributed by atoms with E-state index in [1.807, 2.05) is 7.11 Å². The van der Waals surface area contributed by atoms with Gasteiger partial charge in [-0.15, -0.1) is 0 Å². The predicted molar refractivity (Wildman–Crippen MR) is 147 cm³/mol. The maximum Gasteiger partial charge on any atom is 0.138 e. The molecule has 3 saturated carbocycles. The first-order valence-corrected chi connectivity index (χ1v) is 14.8. The van der Waals surface area contributed by atoms with Gasteiger partial charge in [0.25, 0.3) is 0 Å². The van der Waals surface area contributed by atoms with Gasteiger partial charge in [0.2, 0.25) is 0 Å². The Bertz CT molecular complexity index is 876. The lowest BCUT2D eigenvalue weighted by Gasteiger charge is -2.63. The van der Waals surface area contributed by atoms with Crippen LogP contribution in [0.15, 0.2) is 11.6 Å². The van der Waals surface area contributed by atoms with Gasteiger partial charge in [-0.25, -0.2) is 0 Å². The molecule has 0 aromatic carbocycles. The van der Waals surface area contributed by atoms with Gasteiger partial charge in [0.05, 0.1) is 5.60 Å². The molecule has 0 aromatic rings. The molecule has 35 heavy (non-hydrogen) atoms. The van der Waals surface area contributed by atoms with Crippen molar-refractivity contribution >= 4 is 5.78 Å². The monoisotopic (exact) mass is 484 g/mol. The van der Waals surface area contributed by atoms with Gasteiger partial charge < -0.3 is 4.74 Å². The van der Waals surface area contributed by atoms with Gasteiger partial charge in [-0.3, -0.25) is 4.79 Å². The molecule has 2 heteroatoms. The van der Waals surface area contributed by atoms with E-state index in [4.69, 9.17) is 4.74 Å². The highest BCUT2D eigenvalue weighted by atomic mass is 16.5. The Balaban J connectivity index is 1.59. The van der Waals surface area contributed by atoms with Crippen LogP contribution in [0.2, 0.25) is 0 Å². The largest absolute Gasteiger partial charge is 0.378 e. The quantitative estimate of drug-likeness (QED) is 0.364. The van der Waals surface area contributed by atoms with Crippen molar-refractivity contribution in [1.29, 1.82) is 0 Å². The number of ether oxygens (including phenoxy) is 1. The van der Waals surface area contributed by atoms with Gasteiger partial charge in [-0.05, 0) is 104 Å². The zero-order valence-electron chi connectivity index (χ0n) is 25.1. The summed E-state index contributed by atoms with van der Waals surface area (Å²) in [6.07, 6.45) is 13.4. The molecule has 0 spiro atoms. The summed E-state index contributed by atoms with van der Waals surface area (Å²) in [5.41, 5.74) is 2.60. The zero-order chi connectivity index (χ0) is 26.2. The van der Waals surface area contributed by atoms with Crippen LogP contribution in [0.25, 0.3) is 0 Å². The fourth-order valence-corrected chi connectivity index (χ4v) is 9.97. The van der Waals surface area contributed by atoms with E-state index in [-0.39, 0.29) is 21.8 Å². The van der Waals surface area contributed by atoms with Crippen LogP contribution in [0.5, 0.6) is 0 Å². The molecule has 0 aromatic heterocycles. The van der Waals surface area contributed by atoms with Crippen LogP contribution in [0.3, 0.4) is 0 Å². The van der Waals surface area contributed by atoms with Crippen LogP contribution in [-0.4, -0.2) is 18.5 Å². The summed E-state index contributed by atoms with van der Waals surface area (Å²) in [6, 6.07) is 0. The van der Waals surface area contributed by atoms with Gasteiger partial charge in [0, 0.05) is 18.9 Å². The van der Waals surface area contributed by atoms with Gasteiger partial charge in [-0.1, -0.05) is 74.0 Å². The molecule has 0 bridgehead atoms. The fourth-order valence-electron chi connectivity index (χ4n) is 9.97. The van der Waals surface area contributed by atoms with Crippen molar-refractivity contribution in [3.8, 4) is 0 Å². The minimum absolute atomic E-state index is 0.0814. The third-order valence-corrected chi connectivity index (χ3v) is 13.4. The molecular weight excluding hydrogens is 428 g/mol. The highest BCUT2D eigenvalue weighted by Gasteiger charge is 2.65. The molecule has 0 unspecified atom stereocenters. The van der Waals surface area contributed by atoms with E-state index >= 15 is 0 Å². The normalized spacial score (nSPS) is 43.5. The first-order chi connectivity index (χ1) is 16.0. The van der Waals surface area contributed by atoms with Crippen molar-refractivity contribution in [2.45, 2.75) is 133 Å². The Morgan fingerprint density at radius 1 is 1.00 bits per heavy atom. The number of Topliss-reactive ketones (excluding diaryl/α,β-unsaturated/α-hetero) is 1. The number of hydrogen-bond acceptors (Lipinski definition) is 2. The van der Waals surface area contributed by atoms with Gasteiger partial charge >= 0.3 is 0 Å². The van der Waals surface area contributed by atoms with E-state index < -0.39 is 0 Å². The maximum absolute atomic E-state index is 12.9. The summed E-state index contributed by atoms with van der Waals surface area (Å²) >= 11 is 0. The molecule has 0 N–H and O–H groups in total. The summed E-state index contributed by atoms with van der Waals surface area (Å²) in [4.78, 5) is 12.9. The topological polar surface area (TPSA) is 26.3 Å². The predicted octanol–water partition coefficient (Wildman–Crippen LogP) is 9.03. The van der Waals surface area contributed by atoms with Crippen molar-refractivity contribution in [2.24, 2.45) is 50.7 Å². The minimum atomic E-state index is -0.172. The molecule has 200 valence electrons. The molecule has 0 saturated heterocycles. The number of rotatable bonds is 5. The van der Waals surface area contributed by atoms with Crippen molar-refractivity contribution in [3.05, 3.63) is 11.6 Å². The number of carbonyl (C=O) groups is 1. The smallest absolute Gasteiger partial charge is 0.138 e. The molecule has 2 nitrogen and oxygen atoms in total. The lowest BCUT2D eigenvalue weighted by atomic mass is 9.41. The zero-order valence-corrected chi connectivity index (χ0v) is 25.1. The van der Waals surface area contributed by atoms with Crippen LogP contribution in [0.4, 0.5) is 0 Å². The minimum Gasteiger partial charge on any atom is -0.378 e. The van der Waals surface area contributed by atoms with Crippen molar-refractivity contribution in [2.75, 3.05) is 7.11 Å². The van der Waals surface area contributed by atoms with E-state index in [0.29, 0.717) is 34.4 Å². The first-order valence-electron chi connectivity index (χ1n) is 14.8. The molecule has 3 fully saturated rings. The van der Waals surface area contributed by atoms with E-state index in [0.717, 1.165) is 25.2 Å². The van der Waals surface area contributed by atoms with Crippen LogP contribution in [-0.2, 0) is 9.53 Å². The Kier molecular flexibility index (Phi) is 6.61.